The second kappa shape index (κ2) is 7.91. The van der Waals surface area contributed by atoms with Gasteiger partial charge in [-0.25, -0.2) is 4.98 Å². The number of amides is 1. The first kappa shape index (κ1) is 17.8. The molecule has 0 aliphatic carbocycles. The van der Waals surface area contributed by atoms with Crippen LogP contribution in [0, 0.1) is 0 Å². The average Bonchev–Trinajstić information content (AvgIpc) is 3.09. The molecule has 1 aromatic heterocycles. The molecule has 0 unspecified atom stereocenters. The SMILES string of the molecule is CCc1c(OC)cc(C(=O)NCCc2nc3ccccc3[nH]2)cc1OC. The van der Waals surface area contributed by atoms with Crippen LogP contribution in [0.1, 0.15) is 28.7 Å². The Morgan fingerprint density at radius 1 is 1.15 bits per heavy atom. The number of nitrogens with zero attached hydrogens (tertiary/aromatic N) is 1. The van der Waals surface area contributed by atoms with Crippen LogP contribution in [-0.4, -0.2) is 36.6 Å². The topological polar surface area (TPSA) is 76.2 Å². The van der Waals surface area contributed by atoms with Gasteiger partial charge in [-0.15, -0.1) is 0 Å². The second-order valence-electron chi connectivity index (χ2n) is 5.92. The fraction of sp³-hybridized carbons (Fsp3) is 0.300. The number of fused-ring (bicyclic) bond motifs is 1. The Labute approximate surface area is 152 Å². The number of H-pyrrole nitrogens is 1. The number of para-hydroxylation sites is 2. The number of hydrogen-bond acceptors (Lipinski definition) is 4. The largest absolute Gasteiger partial charge is 0.496 e. The van der Waals surface area contributed by atoms with Gasteiger partial charge in [0.25, 0.3) is 5.91 Å². The van der Waals surface area contributed by atoms with Crippen LogP contribution >= 0.6 is 0 Å². The molecule has 3 rings (SSSR count). The molecule has 2 N–H and O–H groups in total. The lowest BCUT2D eigenvalue weighted by atomic mass is 10.1. The molecule has 0 fully saturated rings. The smallest absolute Gasteiger partial charge is 0.251 e. The predicted octanol–water partition coefficient (Wildman–Crippen LogP) is 3.12. The van der Waals surface area contributed by atoms with Crippen LogP contribution in [0.2, 0.25) is 0 Å². The minimum atomic E-state index is -0.166. The van der Waals surface area contributed by atoms with Crippen LogP contribution in [0.25, 0.3) is 11.0 Å². The van der Waals surface area contributed by atoms with Gasteiger partial charge >= 0.3 is 0 Å². The quantitative estimate of drug-likeness (QED) is 0.684. The molecule has 0 saturated heterocycles. The maximum Gasteiger partial charge on any atom is 0.251 e. The first-order valence-corrected chi connectivity index (χ1v) is 8.63. The second-order valence-corrected chi connectivity index (χ2v) is 5.92. The number of aromatic nitrogens is 2. The van der Waals surface area contributed by atoms with E-state index in [2.05, 4.69) is 15.3 Å². The van der Waals surface area contributed by atoms with Gasteiger partial charge < -0.3 is 19.8 Å². The number of methoxy groups -OCH3 is 2. The van der Waals surface area contributed by atoms with Crippen LogP contribution in [0.4, 0.5) is 0 Å². The summed E-state index contributed by atoms with van der Waals surface area (Å²) < 4.78 is 10.8. The van der Waals surface area contributed by atoms with Crippen LogP contribution in [0.15, 0.2) is 36.4 Å². The highest BCUT2D eigenvalue weighted by molar-refractivity contribution is 5.95. The summed E-state index contributed by atoms with van der Waals surface area (Å²) in [7, 11) is 3.19. The first-order chi connectivity index (χ1) is 12.7. The summed E-state index contributed by atoms with van der Waals surface area (Å²) in [5, 5.41) is 2.92. The van der Waals surface area contributed by atoms with E-state index >= 15 is 0 Å². The van der Waals surface area contributed by atoms with Crippen molar-refractivity contribution < 1.29 is 14.3 Å². The van der Waals surface area contributed by atoms with E-state index in [1.165, 1.54) is 0 Å². The van der Waals surface area contributed by atoms with E-state index in [9.17, 15) is 4.79 Å². The maximum absolute atomic E-state index is 12.5. The number of carbonyl (C=O) groups excluding carboxylic acids is 1. The molecule has 0 spiro atoms. The molecule has 2 aromatic carbocycles. The van der Waals surface area contributed by atoms with Crippen LogP contribution in [-0.2, 0) is 12.8 Å². The molecule has 1 amide bonds. The molecule has 0 radical (unpaired) electrons. The predicted molar refractivity (Wildman–Crippen MR) is 101 cm³/mol. The summed E-state index contributed by atoms with van der Waals surface area (Å²) >= 11 is 0. The van der Waals surface area contributed by atoms with Gasteiger partial charge in [0.15, 0.2) is 0 Å². The summed E-state index contributed by atoms with van der Waals surface area (Å²) in [4.78, 5) is 20.3. The van der Waals surface area contributed by atoms with E-state index in [1.54, 1.807) is 26.4 Å². The van der Waals surface area contributed by atoms with Crippen LogP contribution in [0.5, 0.6) is 11.5 Å². The lowest BCUT2D eigenvalue weighted by molar-refractivity contribution is 0.0953. The fourth-order valence-electron chi connectivity index (χ4n) is 2.98. The molecule has 0 atom stereocenters. The van der Waals surface area contributed by atoms with E-state index in [1.807, 2.05) is 31.2 Å². The van der Waals surface area contributed by atoms with Gasteiger partial charge in [0, 0.05) is 24.1 Å². The molecule has 6 heteroatoms. The fourth-order valence-corrected chi connectivity index (χ4v) is 2.98. The number of rotatable bonds is 7. The highest BCUT2D eigenvalue weighted by Gasteiger charge is 2.15. The maximum atomic E-state index is 12.5. The van der Waals surface area contributed by atoms with Gasteiger partial charge in [-0.1, -0.05) is 19.1 Å². The normalized spacial score (nSPS) is 10.7. The number of benzene rings is 2. The monoisotopic (exact) mass is 353 g/mol. The Hall–Kier alpha value is -3.02. The minimum absolute atomic E-state index is 0.166. The van der Waals surface area contributed by atoms with Crippen molar-refractivity contribution in [1.82, 2.24) is 15.3 Å². The van der Waals surface area contributed by atoms with Crippen molar-refractivity contribution in [3.05, 3.63) is 53.3 Å². The van der Waals surface area contributed by atoms with Crippen molar-refractivity contribution in [3.8, 4) is 11.5 Å². The van der Waals surface area contributed by atoms with Gasteiger partial charge in [-0.2, -0.15) is 0 Å². The Morgan fingerprint density at radius 2 is 1.85 bits per heavy atom. The van der Waals surface area contributed by atoms with E-state index in [0.29, 0.717) is 30.0 Å². The molecule has 0 aliphatic heterocycles. The van der Waals surface area contributed by atoms with Gasteiger partial charge in [0.2, 0.25) is 0 Å². The van der Waals surface area contributed by atoms with Crippen molar-refractivity contribution >= 4 is 16.9 Å². The van der Waals surface area contributed by atoms with Gasteiger partial charge in [-0.05, 0) is 30.7 Å². The van der Waals surface area contributed by atoms with Crippen molar-refractivity contribution in [2.45, 2.75) is 19.8 Å². The molecule has 0 aliphatic rings. The van der Waals surface area contributed by atoms with E-state index in [0.717, 1.165) is 28.8 Å². The Morgan fingerprint density at radius 3 is 2.46 bits per heavy atom. The highest BCUT2D eigenvalue weighted by atomic mass is 16.5. The summed E-state index contributed by atoms with van der Waals surface area (Å²) in [6, 6.07) is 11.4. The molecule has 1 heterocycles. The zero-order valence-electron chi connectivity index (χ0n) is 15.3. The van der Waals surface area contributed by atoms with Crippen LogP contribution < -0.4 is 14.8 Å². The number of ether oxygens (including phenoxy) is 2. The number of aromatic amines is 1. The standard InChI is InChI=1S/C20H23N3O3/c1-4-14-17(25-2)11-13(12-18(14)26-3)20(24)21-10-9-19-22-15-7-5-6-8-16(15)23-19/h5-8,11-12H,4,9-10H2,1-3H3,(H,21,24)(H,22,23). The summed E-state index contributed by atoms with van der Waals surface area (Å²) in [6.45, 7) is 2.51. The third-order valence-electron chi connectivity index (χ3n) is 4.31. The molecule has 0 saturated carbocycles. The Balaban J connectivity index is 1.67. The third-order valence-corrected chi connectivity index (χ3v) is 4.31. The summed E-state index contributed by atoms with van der Waals surface area (Å²) in [6.07, 6.45) is 1.39. The molecular weight excluding hydrogens is 330 g/mol. The molecule has 6 nitrogen and oxygen atoms in total. The minimum Gasteiger partial charge on any atom is -0.496 e. The Bertz CT molecular complexity index is 860. The lowest BCUT2D eigenvalue weighted by Gasteiger charge is -2.14. The summed E-state index contributed by atoms with van der Waals surface area (Å²) in [5.41, 5.74) is 3.39. The summed E-state index contributed by atoms with van der Waals surface area (Å²) in [5.74, 6) is 2.01. The van der Waals surface area contributed by atoms with Crippen molar-refractivity contribution in [1.29, 1.82) is 0 Å². The first-order valence-electron chi connectivity index (χ1n) is 8.63. The molecular formula is C20H23N3O3. The average molecular weight is 353 g/mol. The van der Waals surface area contributed by atoms with Gasteiger partial charge in [0.1, 0.15) is 17.3 Å². The van der Waals surface area contributed by atoms with Gasteiger partial charge in [0.05, 0.1) is 25.3 Å². The number of imidazole rings is 1. The zero-order chi connectivity index (χ0) is 18.5. The number of carbonyl (C=O) groups is 1. The van der Waals surface area contributed by atoms with Crippen molar-refractivity contribution in [2.75, 3.05) is 20.8 Å². The van der Waals surface area contributed by atoms with E-state index in [-0.39, 0.29) is 5.91 Å². The van der Waals surface area contributed by atoms with Crippen molar-refractivity contribution in [3.63, 3.8) is 0 Å². The molecule has 136 valence electrons. The van der Waals surface area contributed by atoms with E-state index in [4.69, 9.17) is 9.47 Å². The van der Waals surface area contributed by atoms with E-state index < -0.39 is 0 Å². The lowest BCUT2D eigenvalue weighted by Crippen LogP contribution is -2.26. The number of hydrogen-bond donors (Lipinski definition) is 2. The third kappa shape index (κ3) is 3.64. The number of nitrogens with one attached hydrogen (secondary N) is 2. The highest BCUT2D eigenvalue weighted by Crippen LogP contribution is 2.30. The molecule has 0 bridgehead atoms. The molecule has 26 heavy (non-hydrogen) atoms. The van der Waals surface area contributed by atoms with Crippen LogP contribution in [0.3, 0.4) is 0 Å². The van der Waals surface area contributed by atoms with Gasteiger partial charge in [-0.3, -0.25) is 4.79 Å². The Kier molecular flexibility index (Phi) is 5.41. The van der Waals surface area contributed by atoms with Crippen molar-refractivity contribution in [2.24, 2.45) is 0 Å². The molecule has 3 aromatic rings. The zero-order valence-corrected chi connectivity index (χ0v) is 15.3.